The van der Waals surface area contributed by atoms with Gasteiger partial charge >= 0.3 is 59.1 Å². The number of H-pyrrole nitrogens is 1. The molecule has 0 bridgehead atoms. The number of fused-ring (bicyclic) bond motifs is 1. The number of benzene rings is 2. The van der Waals surface area contributed by atoms with Crippen molar-refractivity contribution in [1.82, 2.24) is 9.97 Å². The van der Waals surface area contributed by atoms with Crippen molar-refractivity contribution < 1.29 is 93.4 Å². The van der Waals surface area contributed by atoms with Crippen LogP contribution in [0.1, 0.15) is 0 Å². The van der Waals surface area contributed by atoms with Crippen LogP contribution in [0.25, 0.3) is 22.3 Å². The average molecular weight is 458 g/mol. The summed E-state index contributed by atoms with van der Waals surface area (Å²) in [4.78, 5) is 18.7. The molecule has 2 aromatic carbocycles. The van der Waals surface area contributed by atoms with E-state index in [9.17, 15) is 30.7 Å². The number of para-hydroxylation sites is 1. The molecule has 0 aliphatic heterocycles. The summed E-state index contributed by atoms with van der Waals surface area (Å²) < 4.78 is 73.3. The standard InChI is InChI=1S/C14H10N2O9S2.2Na/c17-14-9-3-1-2-4-11(9)15-13(16-14)10-6-5-8(24-26(18,19)20)7-12(10)25-27(21,22)23;;/h1-7H,(H,15,16,17)(H,18,19,20)(H,21,22,23);;/q;2*+1/p-2. The van der Waals surface area contributed by atoms with Crippen molar-refractivity contribution >= 4 is 31.7 Å². The van der Waals surface area contributed by atoms with Gasteiger partial charge in [0, 0.05) is 6.07 Å². The zero-order valence-electron chi connectivity index (χ0n) is 15.0. The van der Waals surface area contributed by atoms with E-state index in [0.717, 1.165) is 12.1 Å². The molecule has 0 saturated carbocycles. The van der Waals surface area contributed by atoms with E-state index in [1.807, 2.05) is 0 Å². The smallest absolute Gasteiger partial charge is 0.716 e. The number of nitrogens with zero attached hydrogens (tertiary/aromatic N) is 1. The molecule has 1 N–H and O–H groups in total. The van der Waals surface area contributed by atoms with Gasteiger partial charge in [0.15, 0.2) is 5.75 Å². The van der Waals surface area contributed by atoms with Crippen LogP contribution in [0.15, 0.2) is 47.3 Å². The van der Waals surface area contributed by atoms with Gasteiger partial charge in [-0.1, -0.05) is 12.1 Å². The van der Waals surface area contributed by atoms with Gasteiger partial charge in [-0.3, -0.25) is 4.79 Å². The minimum absolute atomic E-state index is 0. The number of rotatable bonds is 5. The van der Waals surface area contributed by atoms with Crippen molar-refractivity contribution in [3.63, 3.8) is 0 Å². The van der Waals surface area contributed by atoms with E-state index < -0.39 is 37.9 Å². The molecule has 29 heavy (non-hydrogen) atoms. The zero-order chi connectivity index (χ0) is 19.8. The van der Waals surface area contributed by atoms with Crippen LogP contribution in [-0.4, -0.2) is 35.9 Å². The first-order chi connectivity index (χ1) is 12.5. The predicted molar refractivity (Wildman–Crippen MR) is 88.5 cm³/mol. The number of nitrogens with one attached hydrogen (secondary N) is 1. The van der Waals surface area contributed by atoms with Crippen LogP contribution in [0.4, 0.5) is 0 Å². The Kier molecular flexibility index (Phi) is 8.86. The molecule has 0 saturated heterocycles. The van der Waals surface area contributed by atoms with Crippen LogP contribution < -0.4 is 73.0 Å². The summed E-state index contributed by atoms with van der Waals surface area (Å²) in [6, 6.07) is 9.02. The topological polar surface area (TPSA) is 179 Å². The molecule has 0 aliphatic carbocycles. The first-order valence-corrected chi connectivity index (χ1v) is 9.62. The third-order valence-corrected chi connectivity index (χ3v) is 3.99. The maximum Gasteiger partial charge on any atom is 1.00 e. The average Bonchev–Trinajstić information content (AvgIpc) is 2.52. The number of hydrogen-bond donors (Lipinski definition) is 1. The largest absolute Gasteiger partial charge is 1.00 e. The summed E-state index contributed by atoms with van der Waals surface area (Å²) in [5, 5.41) is 0.262. The van der Waals surface area contributed by atoms with Crippen molar-refractivity contribution in [3.05, 3.63) is 52.8 Å². The van der Waals surface area contributed by atoms with Gasteiger partial charge < -0.3 is 22.5 Å². The van der Waals surface area contributed by atoms with Crippen LogP contribution in [0.5, 0.6) is 11.5 Å². The molecule has 11 nitrogen and oxygen atoms in total. The fourth-order valence-corrected chi connectivity index (χ4v) is 2.96. The van der Waals surface area contributed by atoms with Gasteiger partial charge in [0.2, 0.25) is 0 Å². The van der Waals surface area contributed by atoms with Gasteiger partial charge in [-0.15, -0.1) is 0 Å². The van der Waals surface area contributed by atoms with Gasteiger partial charge in [0.05, 0.1) is 16.5 Å². The Labute approximate surface area is 209 Å². The SMILES string of the molecule is O=c1[nH]c(-c2ccc(OS(=O)(=O)[O-])cc2OS(=O)(=O)[O-])nc2ccccc12.[Na+].[Na+]. The Bertz CT molecular complexity index is 1310. The molecular weight excluding hydrogens is 450 g/mol. The van der Waals surface area contributed by atoms with Gasteiger partial charge in [-0.2, -0.15) is 0 Å². The van der Waals surface area contributed by atoms with Crippen molar-refractivity contribution in [2.75, 3.05) is 0 Å². The summed E-state index contributed by atoms with van der Waals surface area (Å²) in [5.41, 5.74) is -0.434. The van der Waals surface area contributed by atoms with Crippen molar-refractivity contribution in [2.24, 2.45) is 0 Å². The van der Waals surface area contributed by atoms with Crippen LogP contribution in [0, 0.1) is 0 Å². The molecule has 0 radical (unpaired) electrons. The summed E-state index contributed by atoms with van der Waals surface area (Å²) >= 11 is 0. The second-order valence-electron chi connectivity index (χ2n) is 5.07. The molecule has 3 rings (SSSR count). The van der Waals surface area contributed by atoms with E-state index in [2.05, 4.69) is 18.3 Å². The third-order valence-electron chi connectivity index (χ3n) is 3.21. The van der Waals surface area contributed by atoms with Gasteiger partial charge in [-0.25, -0.2) is 21.8 Å². The first-order valence-electron chi connectivity index (χ1n) is 6.96. The predicted octanol–water partition coefficient (Wildman–Crippen LogP) is -5.72. The molecule has 3 aromatic rings. The van der Waals surface area contributed by atoms with Gasteiger partial charge in [0.1, 0.15) is 11.6 Å². The second-order valence-corrected chi connectivity index (χ2v) is 7.04. The molecular formula is C14H8N2Na2O9S2. The molecule has 1 aromatic heterocycles. The summed E-state index contributed by atoms with van der Waals surface area (Å²) in [6.07, 6.45) is 0. The normalized spacial score (nSPS) is 11.2. The van der Waals surface area contributed by atoms with Crippen LogP contribution in [0.3, 0.4) is 0 Å². The summed E-state index contributed by atoms with van der Waals surface area (Å²) in [6.45, 7) is 0. The molecule has 0 fully saturated rings. The fourth-order valence-electron chi connectivity index (χ4n) is 2.26. The van der Waals surface area contributed by atoms with E-state index in [-0.39, 0.29) is 81.4 Å². The third kappa shape index (κ3) is 7.03. The number of aromatic nitrogens is 2. The molecule has 15 heteroatoms. The molecule has 0 unspecified atom stereocenters. The molecule has 142 valence electrons. The second kappa shape index (κ2) is 9.87. The van der Waals surface area contributed by atoms with Crippen LogP contribution in [0.2, 0.25) is 0 Å². The van der Waals surface area contributed by atoms with E-state index >= 15 is 0 Å². The fraction of sp³-hybridized carbons (Fsp3) is 0. The Hall–Kier alpha value is -1.000. The molecule has 0 atom stereocenters. The monoisotopic (exact) mass is 458 g/mol. The van der Waals surface area contributed by atoms with Crippen molar-refractivity contribution in [2.45, 2.75) is 0 Å². The summed E-state index contributed by atoms with van der Waals surface area (Å²) in [7, 11) is -10.4. The van der Waals surface area contributed by atoms with E-state index in [4.69, 9.17) is 0 Å². The minimum Gasteiger partial charge on any atom is -0.716 e. The Morgan fingerprint density at radius 1 is 0.897 bits per heavy atom. The maximum absolute atomic E-state index is 12.2. The molecule has 0 spiro atoms. The quantitative estimate of drug-likeness (QED) is 0.220. The maximum atomic E-state index is 12.2. The molecule has 1 heterocycles. The van der Waals surface area contributed by atoms with E-state index in [0.29, 0.717) is 6.07 Å². The zero-order valence-corrected chi connectivity index (χ0v) is 20.6. The number of aromatic amines is 1. The molecule has 0 aliphatic rings. The van der Waals surface area contributed by atoms with Crippen LogP contribution >= 0.6 is 0 Å². The first kappa shape index (κ1) is 26.0. The van der Waals surface area contributed by atoms with Crippen molar-refractivity contribution in [3.8, 4) is 22.9 Å². The Balaban J connectivity index is 0.00000210. The van der Waals surface area contributed by atoms with Crippen LogP contribution in [-0.2, 0) is 20.8 Å². The Morgan fingerprint density at radius 3 is 2.14 bits per heavy atom. The number of hydrogen-bond acceptors (Lipinski definition) is 10. The summed E-state index contributed by atoms with van der Waals surface area (Å²) in [5.74, 6) is -1.45. The van der Waals surface area contributed by atoms with E-state index in [1.165, 1.54) is 12.1 Å². The van der Waals surface area contributed by atoms with Crippen molar-refractivity contribution in [1.29, 1.82) is 0 Å². The molecule has 0 amide bonds. The van der Waals surface area contributed by atoms with Gasteiger partial charge in [-0.05, 0) is 24.3 Å². The minimum atomic E-state index is -5.27. The Morgan fingerprint density at radius 2 is 1.52 bits per heavy atom. The van der Waals surface area contributed by atoms with Gasteiger partial charge in [0.25, 0.3) is 26.4 Å². The van der Waals surface area contributed by atoms with E-state index in [1.54, 1.807) is 12.1 Å².